The van der Waals surface area contributed by atoms with Gasteiger partial charge < -0.3 is 15.2 Å². The van der Waals surface area contributed by atoms with Gasteiger partial charge in [0.15, 0.2) is 0 Å². The summed E-state index contributed by atoms with van der Waals surface area (Å²) in [6, 6.07) is 0. The first-order chi connectivity index (χ1) is 3.80. The molecule has 4 heteroatoms. The van der Waals surface area contributed by atoms with E-state index in [9.17, 15) is 9.90 Å². The molecule has 0 aromatic carbocycles. The molecule has 0 aliphatic carbocycles. The summed E-state index contributed by atoms with van der Waals surface area (Å²) in [6.45, 7) is 0.726. The maximum atomic E-state index is 9.96. The summed E-state index contributed by atoms with van der Waals surface area (Å²) in [5.74, 6) is -1.11. The van der Waals surface area contributed by atoms with Crippen LogP contribution >= 0.6 is 0 Å². The molecule has 3 nitrogen and oxygen atoms in total. The van der Waals surface area contributed by atoms with E-state index < -0.39 is 5.97 Å². The zero-order valence-electron chi connectivity index (χ0n) is 5.31. The Balaban J connectivity index is 0.000000640. The quantitative estimate of drug-likeness (QED) is 0.369. The molecule has 1 heterocycles. The molecule has 0 saturated carbocycles. The largest absolute Gasteiger partial charge is 1.00 e. The van der Waals surface area contributed by atoms with Gasteiger partial charge in [0.05, 0.1) is 11.7 Å². The standard InChI is InChI=1S/C5H7NO2.Na/c7-5(8)4-2-1-3-6-4;/h2,6H,1,3H2,(H,7,8);/q;+1/p-1. The molecule has 0 radical (unpaired) electrons. The van der Waals surface area contributed by atoms with Gasteiger partial charge in [-0.3, -0.25) is 0 Å². The maximum Gasteiger partial charge on any atom is 1.00 e. The molecule has 9 heavy (non-hydrogen) atoms. The fraction of sp³-hybridized carbons (Fsp3) is 0.400. The summed E-state index contributed by atoms with van der Waals surface area (Å²) < 4.78 is 0. The van der Waals surface area contributed by atoms with Crippen molar-refractivity contribution in [2.75, 3.05) is 6.54 Å². The molecule has 0 spiro atoms. The van der Waals surface area contributed by atoms with E-state index in [1.807, 2.05) is 0 Å². The van der Waals surface area contributed by atoms with Crippen LogP contribution in [-0.2, 0) is 4.79 Å². The molecule has 0 amide bonds. The van der Waals surface area contributed by atoms with Crippen LogP contribution in [0.1, 0.15) is 6.42 Å². The third kappa shape index (κ3) is 2.39. The zero-order valence-corrected chi connectivity index (χ0v) is 7.31. The van der Waals surface area contributed by atoms with Crippen LogP contribution in [0.15, 0.2) is 11.8 Å². The molecule has 1 rings (SSSR count). The van der Waals surface area contributed by atoms with Crippen LogP contribution in [-0.4, -0.2) is 12.5 Å². The number of aliphatic carboxylic acids is 1. The second-order valence-electron chi connectivity index (χ2n) is 1.62. The van der Waals surface area contributed by atoms with E-state index in [0.29, 0.717) is 0 Å². The van der Waals surface area contributed by atoms with Crippen molar-refractivity contribution in [1.29, 1.82) is 0 Å². The van der Waals surface area contributed by atoms with Crippen molar-refractivity contribution >= 4 is 5.97 Å². The molecule has 0 atom stereocenters. The Morgan fingerprint density at radius 2 is 2.44 bits per heavy atom. The number of carbonyl (C=O) groups excluding carboxylic acids is 1. The molecule has 1 aliphatic heterocycles. The summed E-state index contributed by atoms with van der Waals surface area (Å²) in [7, 11) is 0. The van der Waals surface area contributed by atoms with Crippen molar-refractivity contribution in [2.45, 2.75) is 6.42 Å². The molecule has 1 N–H and O–H groups in total. The van der Waals surface area contributed by atoms with Gasteiger partial charge in [0.2, 0.25) is 0 Å². The minimum absolute atomic E-state index is 0. The van der Waals surface area contributed by atoms with E-state index in [-0.39, 0.29) is 35.3 Å². The minimum Gasteiger partial charge on any atom is -0.543 e. The van der Waals surface area contributed by atoms with E-state index in [2.05, 4.69) is 5.32 Å². The average molecular weight is 135 g/mol. The summed E-state index contributed by atoms with van der Waals surface area (Å²) in [5.41, 5.74) is 0.227. The number of carboxylic acids is 1. The van der Waals surface area contributed by atoms with Crippen molar-refractivity contribution in [3.05, 3.63) is 11.8 Å². The predicted molar refractivity (Wildman–Crippen MR) is 25.7 cm³/mol. The van der Waals surface area contributed by atoms with Crippen LogP contribution < -0.4 is 40.0 Å². The first-order valence-corrected chi connectivity index (χ1v) is 2.46. The Labute approximate surface area is 75.4 Å². The van der Waals surface area contributed by atoms with E-state index in [4.69, 9.17) is 0 Å². The van der Waals surface area contributed by atoms with Crippen LogP contribution in [0.2, 0.25) is 0 Å². The first-order valence-electron chi connectivity index (χ1n) is 2.46. The number of rotatable bonds is 1. The van der Waals surface area contributed by atoms with Gasteiger partial charge in [-0.05, 0) is 6.42 Å². The zero-order chi connectivity index (χ0) is 5.98. The van der Waals surface area contributed by atoms with E-state index >= 15 is 0 Å². The Hall–Kier alpha value is 0.0100. The molecule has 0 saturated heterocycles. The molecule has 0 aromatic rings. The van der Waals surface area contributed by atoms with Gasteiger partial charge in [-0.1, -0.05) is 6.08 Å². The van der Waals surface area contributed by atoms with E-state index in [1.54, 1.807) is 6.08 Å². The number of carbonyl (C=O) groups is 1. The first kappa shape index (κ1) is 9.01. The molecule has 0 bridgehead atoms. The summed E-state index contributed by atoms with van der Waals surface area (Å²) in [6.07, 6.45) is 2.42. The molecular formula is C5H6NNaO2. The second-order valence-corrected chi connectivity index (χ2v) is 1.62. The third-order valence-corrected chi connectivity index (χ3v) is 1.03. The maximum absolute atomic E-state index is 9.96. The van der Waals surface area contributed by atoms with Crippen molar-refractivity contribution < 1.29 is 39.5 Å². The molecule has 0 aromatic heterocycles. The van der Waals surface area contributed by atoms with Crippen molar-refractivity contribution in [3.8, 4) is 0 Å². The van der Waals surface area contributed by atoms with Crippen LogP contribution in [0.3, 0.4) is 0 Å². The Morgan fingerprint density at radius 1 is 1.78 bits per heavy atom. The molecule has 1 aliphatic rings. The van der Waals surface area contributed by atoms with E-state index in [0.717, 1.165) is 13.0 Å². The van der Waals surface area contributed by atoms with Gasteiger partial charge in [0, 0.05) is 6.54 Å². The van der Waals surface area contributed by atoms with Gasteiger partial charge in [0.25, 0.3) is 0 Å². The van der Waals surface area contributed by atoms with Gasteiger partial charge in [-0.15, -0.1) is 0 Å². The van der Waals surface area contributed by atoms with Gasteiger partial charge in [-0.25, -0.2) is 0 Å². The second kappa shape index (κ2) is 3.93. The number of nitrogens with one attached hydrogen (secondary N) is 1. The minimum atomic E-state index is -1.11. The predicted octanol–water partition coefficient (Wildman–Crippen LogP) is -4.38. The van der Waals surface area contributed by atoms with Crippen molar-refractivity contribution in [2.24, 2.45) is 0 Å². The fourth-order valence-electron chi connectivity index (χ4n) is 0.651. The Kier molecular flexibility index (Phi) is 3.93. The van der Waals surface area contributed by atoms with Crippen LogP contribution in [0.5, 0.6) is 0 Å². The average Bonchev–Trinajstić information content (AvgIpc) is 2.12. The normalized spacial score (nSPS) is 15.3. The summed E-state index contributed by atoms with van der Waals surface area (Å²) >= 11 is 0. The topological polar surface area (TPSA) is 52.2 Å². The van der Waals surface area contributed by atoms with E-state index in [1.165, 1.54) is 0 Å². The fourth-order valence-corrected chi connectivity index (χ4v) is 0.651. The van der Waals surface area contributed by atoms with Gasteiger partial charge in [-0.2, -0.15) is 0 Å². The van der Waals surface area contributed by atoms with Crippen molar-refractivity contribution in [3.63, 3.8) is 0 Å². The van der Waals surface area contributed by atoms with Gasteiger partial charge in [0.1, 0.15) is 0 Å². The SMILES string of the molecule is O=C([O-])C1=CCCN1.[Na+]. The number of hydrogen-bond donors (Lipinski definition) is 1. The monoisotopic (exact) mass is 135 g/mol. The Morgan fingerprint density at radius 3 is 2.67 bits per heavy atom. The van der Waals surface area contributed by atoms with Gasteiger partial charge >= 0.3 is 29.6 Å². The van der Waals surface area contributed by atoms with Crippen LogP contribution in [0, 0.1) is 0 Å². The number of hydrogen-bond acceptors (Lipinski definition) is 3. The molecule has 0 unspecified atom stereocenters. The van der Waals surface area contributed by atoms with Crippen molar-refractivity contribution in [1.82, 2.24) is 5.32 Å². The molecule has 0 fully saturated rings. The summed E-state index contributed by atoms with van der Waals surface area (Å²) in [5, 5.41) is 12.6. The van der Waals surface area contributed by atoms with Crippen LogP contribution in [0.4, 0.5) is 0 Å². The Bertz CT molecular complexity index is 144. The summed E-state index contributed by atoms with van der Waals surface area (Å²) in [4.78, 5) is 9.96. The molecular weight excluding hydrogens is 129 g/mol. The third-order valence-electron chi connectivity index (χ3n) is 1.03. The molecule has 44 valence electrons. The number of carboxylic acid groups (broad SMARTS) is 1. The van der Waals surface area contributed by atoms with Crippen LogP contribution in [0.25, 0.3) is 0 Å². The smallest absolute Gasteiger partial charge is 0.543 e.